The summed E-state index contributed by atoms with van der Waals surface area (Å²) in [4.78, 5) is 18.0. The lowest BCUT2D eigenvalue weighted by Gasteiger charge is -2.15. The minimum Gasteiger partial charge on any atom is -0.394 e. The number of rotatable bonds is 3. The Morgan fingerprint density at radius 1 is 1.55 bits per heavy atom. The zero-order valence-electron chi connectivity index (χ0n) is 12.0. The minimum atomic E-state index is -0.813. The van der Waals surface area contributed by atoms with Crippen LogP contribution in [0.15, 0.2) is 23.1 Å². The van der Waals surface area contributed by atoms with Crippen molar-refractivity contribution >= 4 is 17.2 Å². The Morgan fingerprint density at radius 2 is 2.32 bits per heavy atom. The molecule has 0 bridgehead atoms. The number of anilines is 1. The molecule has 1 fully saturated rings. The fourth-order valence-electron chi connectivity index (χ4n) is 2.51. The van der Waals surface area contributed by atoms with Crippen LogP contribution < -0.4 is 11.4 Å². The largest absolute Gasteiger partial charge is 0.394 e. The first-order valence-electron chi connectivity index (χ1n) is 6.89. The van der Waals surface area contributed by atoms with E-state index in [1.54, 1.807) is 17.5 Å². The van der Waals surface area contributed by atoms with Crippen molar-refractivity contribution in [1.82, 2.24) is 9.55 Å². The van der Waals surface area contributed by atoms with E-state index in [9.17, 15) is 9.90 Å². The average molecular weight is 323 g/mol. The van der Waals surface area contributed by atoms with Crippen molar-refractivity contribution in [2.45, 2.75) is 31.8 Å². The third kappa shape index (κ3) is 2.66. The molecule has 0 saturated carbocycles. The molecule has 0 aromatic carbocycles. The van der Waals surface area contributed by atoms with E-state index in [-0.39, 0.29) is 18.8 Å². The number of hydrogen-bond donors (Lipinski definition) is 3. The number of nitrogens with two attached hydrogens (primary N) is 1. The first-order chi connectivity index (χ1) is 10.5. The molecule has 2 aromatic heterocycles. The first kappa shape index (κ1) is 15.2. The lowest BCUT2D eigenvalue weighted by atomic mass is 10.2. The topological polar surface area (TPSA) is 111 Å². The van der Waals surface area contributed by atoms with E-state index in [4.69, 9.17) is 15.6 Å². The van der Waals surface area contributed by atoms with E-state index in [1.165, 1.54) is 4.57 Å². The maximum atomic E-state index is 12.1. The van der Waals surface area contributed by atoms with Crippen LogP contribution in [-0.2, 0) is 4.74 Å². The van der Waals surface area contributed by atoms with Crippen LogP contribution in [0.5, 0.6) is 0 Å². The zero-order valence-corrected chi connectivity index (χ0v) is 12.8. The van der Waals surface area contributed by atoms with Gasteiger partial charge >= 0.3 is 5.69 Å². The van der Waals surface area contributed by atoms with E-state index in [2.05, 4.69) is 4.98 Å². The van der Waals surface area contributed by atoms with Crippen LogP contribution in [-0.4, -0.2) is 38.6 Å². The standard InChI is InChI=1S/C14H17N3O4S/c1-7-2-3-11(22-7)8-5-17(14(20)16-13(8)15)12-4-9(19)10(6-18)21-12/h2-3,5,9-10,12,18-19H,4,6H2,1H3,(H2,15,16,20)/t9-,10+,12+/m1/s1. The normalized spacial score (nSPS) is 24.8. The van der Waals surface area contributed by atoms with Crippen LogP contribution >= 0.6 is 11.3 Å². The maximum Gasteiger partial charge on any atom is 0.351 e. The molecule has 2 aromatic rings. The number of nitrogen functional groups attached to an aromatic ring is 1. The summed E-state index contributed by atoms with van der Waals surface area (Å²) in [7, 11) is 0. The maximum absolute atomic E-state index is 12.1. The molecule has 4 N–H and O–H groups in total. The highest BCUT2D eigenvalue weighted by Crippen LogP contribution is 2.32. The predicted molar refractivity (Wildman–Crippen MR) is 82.6 cm³/mol. The first-order valence-corrected chi connectivity index (χ1v) is 7.71. The third-order valence-corrected chi connectivity index (χ3v) is 4.72. The fraction of sp³-hybridized carbons (Fsp3) is 0.429. The summed E-state index contributed by atoms with van der Waals surface area (Å²) in [6.07, 6.45) is -0.339. The fourth-order valence-corrected chi connectivity index (χ4v) is 3.39. The van der Waals surface area contributed by atoms with Crippen LogP contribution in [0.25, 0.3) is 10.4 Å². The van der Waals surface area contributed by atoms with E-state index < -0.39 is 24.1 Å². The second-order valence-electron chi connectivity index (χ2n) is 5.25. The molecule has 8 heteroatoms. The van der Waals surface area contributed by atoms with Crippen LogP contribution in [0.1, 0.15) is 17.5 Å². The Bertz CT molecular complexity index is 742. The molecule has 7 nitrogen and oxygen atoms in total. The zero-order chi connectivity index (χ0) is 15.9. The number of ether oxygens (including phenoxy) is 1. The lowest BCUT2D eigenvalue weighted by molar-refractivity contribution is -0.0458. The van der Waals surface area contributed by atoms with Crippen LogP contribution in [0, 0.1) is 6.92 Å². The molecule has 1 aliphatic rings. The highest BCUT2D eigenvalue weighted by Gasteiger charge is 2.35. The van der Waals surface area contributed by atoms with Gasteiger partial charge in [0.1, 0.15) is 18.1 Å². The van der Waals surface area contributed by atoms with Gasteiger partial charge in [-0.2, -0.15) is 4.98 Å². The smallest absolute Gasteiger partial charge is 0.351 e. The van der Waals surface area contributed by atoms with Gasteiger partial charge in [0.2, 0.25) is 0 Å². The predicted octanol–water partition coefficient (Wildman–Crippen LogP) is 0.503. The molecule has 0 radical (unpaired) electrons. The minimum absolute atomic E-state index is 0.167. The van der Waals surface area contributed by atoms with Gasteiger partial charge in [0.05, 0.1) is 18.3 Å². The molecule has 1 saturated heterocycles. The Labute approximate surface area is 130 Å². The van der Waals surface area contributed by atoms with Gasteiger partial charge < -0.3 is 20.7 Å². The number of nitrogens with zero attached hydrogens (tertiary/aromatic N) is 2. The second-order valence-corrected chi connectivity index (χ2v) is 6.54. The number of thiophene rings is 1. The summed E-state index contributed by atoms with van der Waals surface area (Å²) in [5, 5.41) is 19.0. The molecule has 3 rings (SSSR count). The number of aryl methyl sites for hydroxylation is 1. The Kier molecular flexibility index (Phi) is 4.00. The summed E-state index contributed by atoms with van der Waals surface area (Å²) >= 11 is 1.55. The van der Waals surface area contributed by atoms with Crippen molar-refractivity contribution in [3.05, 3.63) is 33.7 Å². The van der Waals surface area contributed by atoms with Crippen LogP contribution in [0.4, 0.5) is 5.82 Å². The van der Waals surface area contributed by atoms with Gasteiger partial charge in [-0.25, -0.2) is 4.79 Å². The van der Waals surface area contributed by atoms with Gasteiger partial charge in [-0.15, -0.1) is 11.3 Å². The molecule has 0 amide bonds. The molecule has 3 heterocycles. The van der Waals surface area contributed by atoms with Gasteiger partial charge in [0.15, 0.2) is 0 Å². The molecule has 3 atom stereocenters. The van der Waals surface area contributed by atoms with Crippen molar-refractivity contribution in [1.29, 1.82) is 0 Å². The quantitative estimate of drug-likeness (QED) is 0.759. The van der Waals surface area contributed by atoms with Crippen molar-refractivity contribution in [2.75, 3.05) is 12.3 Å². The lowest BCUT2D eigenvalue weighted by Crippen LogP contribution is -2.28. The average Bonchev–Trinajstić information content (AvgIpc) is 3.05. The van der Waals surface area contributed by atoms with E-state index >= 15 is 0 Å². The van der Waals surface area contributed by atoms with Crippen molar-refractivity contribution < 1.29 is 14.9 Å². The van der Waals surface area contributed by atoms with Crippen molar-refractivity contribution in [2.24, 2.45) is 0 Å². The Morgan fingerprint density at radius 3 is 2.91 bits per heavy atom. The SMILES string of the molecule is Cc1ccc(-c2cn([C@@H]3C[C@@H](O)[C@H](CO)O3)c(=O)nc2N)s1. The molecule has 0 spiro atoms. The van der Waals surface area contributed by atoms with Gasteiger partial charge in [0, 0.05) is 22.4 Å². The number of aliphatic hydroxyl groups excluding tert-OH is 2. The number of hydrogen-bond acceptors (Lipinski definition) is 7. The molecule has 22 heavy (non-hydrogen) atoms. The molecule has 0 aliphatic carbocycles. The van der Waals surface area contributed by atoms with Gasteiger partial charge in [-0.1, -0.05) is 0 Å². The van der Waals surface area contributed by atoms with Crippen molar-refractivity contribution in [3.63, 3.8) is 0 Å². The number of aliphatic hydroxyl groups is 2. The molecule has 0 unspecified atom stereocenters. The van der Waals surface area contributed by atoms with Gasteiger partial charge in [-0.05, 0) is 19.1 Å². The Balaban J connectivity index is 2.01. The summed E-state index contributed by atoms with van der Waals surface area (Å²) in [5.74, 6) is 0.167. The molecule has 1 aliphatic heterocycles. The van der Waals surface area contributed by atoms with Crippen LogP contribution in [0.3, 0.4) is 0 Å². The third-order valence-electron chi connectivity index (χ3n) is 3.68. The monoisotopic (exact) mass is 323 g/mol. The Hall–Kier alpha value is -1.74. The van der Waals surface area contributed by atoms with E-state index in [0.29, 0.717) is 5.56 Å². The summed E-state index contributed by atoms with van der Waals surface area (Å²) < 4.78 is 6.83. The van der Waals surface area contributed by atoms with Gasteiger partial charge in [-0.3, -0.25) is 4.57 Å². The highest BCUT2D eigenvalue weighted by molar-refractivity contribution is 7.15. The summed E-state index contributed by atoms with van der Waals surface area (Å²) in [6, 6.07) is 3.88. The van der Waals surface area contributed by atoms with E-state index in [0.717, 1.165) is 9.75 Å². The second kappa shape index (κ2) is 5.81. The highest BCUT2D eigenvalue weighted by atomic mass is 32.1. The van der Waals surface area contributed by atoms with Crippen LogP contribution in [0.2, 0.25) is 0 Å². The van der Waals surface area contributed by atoms with Gasteiger partial charge in [0.25, 0.3) is 0 Å². The van der Waals surface area contributed by atoms with Crippen molar-refractivity contribution in [3.8, 4) is 10.4 Å². The van der Waals surface area contributed by atoms with E-state index in [1.807, 2.05) is 19.1 Å². The molecular weight excluding hydrogens is 306 g/mol. The molecular formula is C14H17N3O4S. The number of aromatic nitrogens is 2. The summed E-state index contributed by atoms with van der Waals surface area (Å²) in [5.41, 5.74) is 5.98. The molecule has 118 valence electrons. The summed E-state index contributed by atoms with van der Waals surface area (Å²) in [6.45, 7) is 1.68.